The molecular weight excluding hydrogens is 821 g/mol. The number of nitrogens with one attached hydrogen (secondary N) is 3. The number of carbonyl (C=O) groups is 4. The first-order chi connectivity index (χ1) is 28.3. The standard InChI is InChI=1S/C42H46ClF3N8O5S/c1-6-26-15-32(54-40(60)53(39(58)41(54,4)5)31-8-7-27(20-47)33(19-31)42(44,45)46)9-11-35(26)59-14-13-51-21-24(2)52(25(3)22-51)23-37(56)49-30-17-28(43)16-29(18-30)48-34-10-12-36(55)50-38(34)57/h7-9,11,15-19,24-25,34,48H,6,10,12-14,21-23H2,1-5H3,(H,49,56)(H,50,55,57)/t24-,25-,34?/m0/s1. The summed E-state index contributed by atoms with van der Waals surface area (Å²) in [6.07, 6.45) is -3.63. The normalized spacial score (nSPS) is 21.2. The number of hydrogen-bond donors (Lipinski definition) is 3. The Hall–Kier alpha value is -5.28. The molecule has 0 aromatic heterocycles. The number of amides is 4. The molecule has 3 aromatic carbocycles. The summed E-state index contributed by atoms with van der Waals surface area (Å²) in [6.45, 7) is 12.0. The Morgan fingerprint density at radius 3 is 2.37 bits per heavy atom. The van der Waals surface area contributed by atoms with Crippen LogP contribution in [0.2, 0.25) is 5.02 Å². The van der Waals surface area contributed by atoms with Gasteiger partial charge in [0.05, 0.1) is 29.4 Å². The van der Waals surface area contributed by atoms with Crippen LogP contribution in [0.3, 0.4) is 0 Å². The van der Waals surface area contributed by atoms with Gasteiger partial charge >= 0.3 is 6.18 Å². The smallest absolute Gasteiger partial charge is 0.417 e. The number of imide groups is 1. The Morgan fingerprint density at radius 2 is 1.72 bits per heavy atom. The summed E-state index contributed by atoms with van der Waals surface area (Å²) < 4.78 is 47.7. The topological polar surface area (TPSA) is 150 Å². The largest absolute Gasteiger partial charge is 0.492 e. The zero-order valence-electron chi connectivity index (χ0n) is 33.8. The van der Waals surface area contributed by atoms with Crippen molar-refractivity contribution in [2.45, 2.75) is 83.7 Å². The fourth-order valence-electron chi connectivity index (χ4n) is 7.97. The number of nitrogens with zero attached hydrogens (tertiary/aromatic N) is 5. The van der Waals surface area contributed by atoms with E-state index in [0.29, 0.717) is 66.9 Å². The van der Waals surface area contributed by atoms with Crippen LogP contribution in [0.15, 0.2) is 54.6 Å². The Morgan fingerprint density at radius 1 is 1.03 bits per heavy atom. The lowest BCUT2D eigenvalue weighted by Gasteiger charge is -2.44. The lowest BCUT2D eigenvalue weighted by atomic mass is 10.0. The maximum Gasteiger partial charge on any atom is 0.417 e. The minimum atomic E-state index is -4.80. The van der Waals surface area contributed by atoms with Gasteiger partial charge in [-0.2, -0.15) is 18.4 Å². The Bertz CT molecular complexity index is 2240. The number of carbonyl (C=O) groups excluding carboxylic acids is 4. The first-order valence-corrected chi connectivity index (χ1v) is 20.3. The van der Waals surface area contributed by atoms with E-state index in [2.05, 4.69) is 39.6 Å². The van der Waals surface area contributed by atoms with Gasteiger partial charge in [0.25, 0.3) is 5.91 Å². The van der Waals surface area contributed by atoms with Gasteiger partial charge in [-0.1, -0.05) is 18.5 Å². The predicted octanol–water partition coefficient (Wildman–Crippen LogP) is 6.34. The van der Waals surface area contributed by atoms with Crippen LogP contribution in [-0.4, -0.2) is 95.0 Å². The number of halogens is 4. The monoisotopic (exact) mass is 866 g/mol. The van der Waals surface area contributed by atoms with Crippen LogP contribution in [0, 0.1) is 11.3 Å². The van der Waals surface area contributed by atoms with Gasteiger partial charge < -0.3 is 20.3 Å². The maximum atomic E-state index is 13.8. The molecule has 0 bridgehead atoms. The number of nitriles is 1. The van der Waals surface area contributed by atoms with E-state index in [0.717, 1.165) is 22.6 Å². The van der Waals surface area contributed by atoms with Crippen molar-refractivity contribution in [2.75, 3.05) is 53.2 Å². The highest BCUT2D eigenvalue weighted by Crippen LogP contribution is 2.40. The number of thiocarbonyl (C=S) groups is 1. The minimum Gasteiger partial charge on any atom is -0.492 e. The number of hydrogen-bond acceptors (Lipinski definition) is 10. The second-order valence-electron chi connectivity index (χ2n) is 15.7. The van der Waals surface area contributed by atoms with Crippen molar-refractivity contribution >= 4 is 75.3 Å². The molecule has 60 heavy (non-hydrogen) atoms. The summed E-state index contributed by atoms with van der Waals surface area (Å²) in [5, 5.41) is 18.0. The van der Waals surface area contributed by atoms with Crippen molar-refractivity contribution in [3.8, 4) is 11.8 Å². The molecule has 0 radical (unpaired) electrons. The maximum absolute atomic E-state index is 13.8. The Balaban J connectivity index is 1.04. The average Bonchev–Trinajstić information content (AvgIpc) is 3.35. The van der Waals surface area contributed by atoms with Gasteiger partial charge in [0.2, 0.25) is 17.7 Å². The second-order valence-corrected chi connectivity index (χ2v) is 16.5. The van der Waals surface area contributed by atoms with Crippen LogP contribution < -0.4 is 30.5 Å². The number of piperidine rings is 1. The molecule has 0 aliphatic carbocycles. The van der Waals surface area contributed by atoms with E-state index in [1.165, 1.54) is 6.07 Å². The highest BCUT2D eigenvalue weighted by atomic mass is 35.5. The number of benzene rings is 3. The quantitative estimate of drug-likeness (QED) is 0.138. The summed E-state index contributed by atoms with van der Waals surface area (Å²) in [4.78, 5) is 57.8. The number of alkyl halides is 3. The van der Waals surface area contributed by atoms with E-state index in [1.807, 2.05) is 13.0 Å². The van der Waals surface area contributed by atoms with Gasteiger partial charge in [-0.3, -0.25) is 39.2 Å². The SMILES string of the molecule is CCc1cc(N2C(=S)N(c3ccc(C#N)c(C(F)(F)F)c3)C(=O)C2(C)C)ccc1OCCN1C[C@H](C)N(CC(=O)Nc2cc(Cl)cc(NC3CCC(=O)NC3=O)c2)[C@@H](C)C1. The Kier molecular flexibility index (Phi) is 13.1. The summed E-state index contributed by atoms with van der Waals surface area (Å²) in [6, 6.07) is 14.6. The molecule has 1 unspecified atom stereocenters. The van der Waals surface area contributed by atoms with Crippen molar-refractivity contribution in [2.24, 2.45) is 0 Å². The predicted molar refractivity (Wildman–Crippen MR) is 226 cm³/mol. The van der Waals surface area contributed by atoms with Crippen molar-refractivity contribution in [1.29, 1.82) is 5.26 Å². The van der Waals surface area contributed by atoms with E-state index in [4.69, 9.17) is 28.6 Å². The third kappa shape index (κ3) is 9.52. The number of piperazine rings is 1. The fourth-order valence-corrected chi connectivity index (χ4v) is 8.73. The minimum absolute atomic E-state index is 0.0105. The molecule has 6 rings (SSSR count). The first kappa shape index (κ1) is 44.3. The first-order valence-electron chi connectivity index (χ1n) is 19.5. The van der Waals surface area contributed by atoms with Crippen molar-refractivity contribution in [1.82, 2.24) is 15.1 Å². The van der Waals surface area contributed by atoms with Gasteiger partial charge in [0.1, 0.15) is 23.9 Å². The molecule has 3 aliphatic heterocycles. The number of aryl methyl sites for hydroxylation is 1. The van der Waals surface area contributed by atoms with Crippen LogP contribution in [0.5, 0.6) is 5.75 Å². The molecule has 3 heterocycles. The van der Waals surface area contributed by atoms with Crippen molar-refractivity contribution in [3.63, 3.8) is 0 Å². The summed E-state index contributed by atoms with van der Waals surface area (Å²) >= 11 is 12.1. The Labute approximate surface area is 356 Å². The molecule has 318 valence electrons. The fraction of sp³-hybridized carbons (Fsp3) is 0.429. The van der Waals surface area contributed by atoms with E-state index >= 15 is 0 Å². The molecule has 4 amide bonds. The molecule has 0 spiro atoms. The number of ether oxygens (including phenoxy) is 1. The van der Waals surface area contributed by atoms with Gasteiger partial charge in [0, 0.05) is 60.2 Å². The second kappa shape index (κ2) is 17.7. The van der Waals surface area contributed by atoms with E-state index < -0.39 is 40.7 Å². The third-order valence-corrected chi connectivity index (χ3v) is 11.6. The van der Waals surface area contributed by atoms with Crippen LogP contribution in [0.25, 0.3) is 0 Å². The zero-order chi connectivity index (χ0) is 43.7. The summed E-state index contributed by atoms with van der Waals surface area (Å²) in [5.74, 6) is -0.788. The molecule has 3 N–H and O–H groups in total. The molecule has 3 fully saturated rings. The van der Waals surface area contributed by atoms with Gasteiger partial charge in [-0.05, 0) is 113 Å². The van der Waals surface area contributed by atoms with Crippen LogP contribution in [-0.2, 0) is 31.8 Å². The molecule has 0 saturated carbocycles. The molecule has 3 saturated heterocycles. The molecule has 3 atom stereocenters. The van der Waals surface area contributed by atoms with Crippen LogP contribution >= 0.6 is 23.8 Å². The molecule has 13 nitrogen and oxygen atoms in total. The van der Waals surface area contributed by atoms with Crippen molar-refractivity contribution < 1.29 is 37.1 Å². The molecule has 3 aliphatic rings. The lowest BCUT2D eigenvalue weighted by Crippen LogP contribution is -2.58. The van der Waals surface area contributed by atoms with Crippen LogP contribution in [0.4, 0.5) is 35.9 Å². The van der Waals surface area contributed by atoms with Crippen LogP contribution in [0.1, 0.15) is 64.2 Å². The lowest BCUT2D eigenvalue weighted by molar-refractivity contribution is -0.138. The average molecular weight is 867 g/mol. The van der Waals surface area contributed by atoms with E-state index in [-0.39, 0.29) is 47.7 Å². The van der Waals surface area contributed by atoms with E-state index in [1.54, 1.807) is 55.1 Å². The van der Waals surface area contributed by atoms with Crippen molar-refractivity contribution in [3.05, 3.63) is 76.3 Å². The number of rotatable bonds is 12. The zero-order valence-corrected chi connectivity index (χ0v) is 35.4. The van der Waals surface area contributed by atoms with Gasteiger partial charge in [-0.15, -0.1) is 0 Å². The number of anilines is 4. The third-order valence-electron chi connectivity index (χ3n) is 11.0. The molecule has 18 heteroatoms. The summed E-state index contributed by atoms with van der Waals surface area (Å²) in [5.41, 5.74) is -0.554. The summed E-state index contributed by atoms with van der Waals surface area (Å²) in [7, 11) is 0. The molecular formula is C42H46ClF3N8O5S. The van der Waals surface area contributed by atoms with Gasteiger partial charge in [-0.25, -0.2) is 0 Å². The van der Waals surface area contributed by atoms with E-state index in [9.17, 15) is 37.6 Å². The van der Waals surface area contributed by atoms with Gasteiger partial charge in [0.15, 0.2) is 5.11 Å². The molecule has 3 aromatic rings. The highest BCUT2D eigenvalue weighted by molar-refractivity contribution is 7.81. The highest BCUT2D eigenvalue weighted by Gasteiger charge is 2.51.